The van der Waals surface area contributed by atoms with Gasteiger partial charge in [-0.05, 0) is 12.0 Å². The SMILES string of the molecule is CCCCCCCOCc1ccccc1. The summed E-state index contributed by atoms with van der Waals surface area (Å²) in [5.74, 6) is 0. The van der Waals surface area contributed by atoms with Crippen molar-refractivity contribution < 1.29 is 4.74 Å². The lowest BCUT2D eigenvalue weighted by atomic mass is 10.2. The molecule has 0 radical (unpaired) electrons. The van der Waals surface area contributed by atoms with Crippen LogP contribution in [0, 0.1) is 0 Å². The molecule has 0 aliphatic rings. The maximum Gasteiger partial charge on any atom is 0.0716 e. The molecule has 0 aliphatic carbocycles. The summed E-state index contributed by atoms with van der Waals surface area (Å²) >= 11 is 0. The summed E-state index contributed by atoms with van der Waals surface area (Å²) in [6, 6.07) is 10.4. The number of benzene rings is 1. The van der Waals surface area contributed by atoms with Crippen molar-refractivity contribution in [3.05, 3.63) is 35.9 Å². The Bertz CT molecular complexity index is 230. The van der Waals surface area contributed by atoms with E-state index in [9.17, 15) is 0 Å². The van der Waals surface area contributed by atoms with Gasteiger partial charge < -0.3 is 4.74 Å². The minimum atomic E-state index is 0.759. The third-order valence-electron chi connectivity index (χ3n) is 2.50. The number of hydrogen-bond acceptors (Lipinski definition) is 1. The van der Waals surface area contributed by atoms with Gasteiger partial charge in [0.2, 0.25) is 0 Å². The van der Waals surface area contributed by atoms with Crippen molar-refractivity contribution in [2.75, 3.05) is 6.61 Å². The average Bonchev–Trinajstić information content (AvgIpc) is 2.29. The molecule has 1 nitrogen and oxygen atoms in total. The van der Waals surface area contributed by atoms with Crippen LogP contribution in [0.15, 0.2) is 30.3 Å². The van der Waals surface area contributed by atoms with E-state index in [1.807, 2.05) is 6.07 Å². The summed E-state index contributed by atoms with van der Waals surface area (Å²) < 4.78 is 5.60. The summed E-state index contributed by atoms with van der Waals surface area (Å²) in [5, 5.41) is 0. The minimum absolute atomic E-state index is 0.759. The van der Waals surface area contributed by atoms with Gasteiger partial charge in [-0.2, -0.15) is 0 Å². The molecule has 0 heterocycles. The van der Waals surface area contributed by atoms with Crippen molar-refractivity contribution in [1.82, 2.24) is 0 Å². The zero-order valence-electron chi connectivity index (χ0n) is 9.74. The normalized spacial score (nSPS) is 10.5. The van der Waals surface area contributed by atoms with E-state index in [-0.39, 0.29) is 0 Å². The number of hydrogen-bond donors (Lipinski definition) is 0. The first-order chi connectivity index (χ1) is 7.43. The molecule has 0 N–H and O–H groups in total. The summed E-state index contributed by atoms with van der Waals surface area (Å²) in [7, 11) is 0. The number of unbranched alkanes of at least 4 members (excludes halogenated alkanes) is 4. The van der Waals surface area contributed by atoms with Gasteiger partial charge in [-0.15, -0.1) is 0 Å². The lowest BCUT2D eigenvalue weighted by Crippen LogP contribution is -1.95. The minimum Gasteiger partial charge on any atom is -0.377 e. The van der Waals surface area contributed by atoms with Gasteiger partial charge in [0.05, 0.1) is 6.61 Å². The predicted octanol–water partition coefficient (Wildman–Crippen LogP) is 4.17. The molecule has 0 bridgehead atoms. The van der Waals surface area contributed by atoms with Crippen LogP contribution in [0.4, 0.5) is 0 Å². The van der Waals surface area contributed by atoms with Crippen LogP contribution in [0.2, 0.25) is 0 Å². The van der Waals surface area contributed by atoms with Crippen LogP contribution in [0.5, 0.6) is 0 Å². The Morgan fingerprint density at radius 3 is 2.40 bits per heavy atom. The van der Waals surface area contributed by atoms with E-state index in [1.165, 1.54) is 37.7 Å². The Balaban J connectivity index is 1.93. The number of ether oxygens (including phenoxy) is 1. The van der Waals surface area contributed by atoms with Gasteiger partial charge >= 0.3 is 0 Å². The molecule has 0 aliphatic heterocycles. The van der Waals surface area contributed by atoms with E-state index in [0.29, 0.717) is 0 Å². The first-order valence-corrected chi connectivity index (χ1v) is 6.05. The van der Waals surface area contributed by atoms with Crippen LogP contribution in [0.1, 0.15) is 44.6 Å². The lowest BCUT2D eigenvalue weighted by molar-refractivity contribution is 0.116. The van der Waals surface area contributed by atoms with E-state index in [1.54, 1.807) is 0 Å². The molecule has 0 saturated heterocycles. The monoisotopic (exact) mass is 206 g/mol. The van der Waals surface area contributed by atoms with Gasteiger partial charge in [0.1, 0.15) is 0 Å². The fourth-order valence-electron chi connectivity index (χ4n) is 1.57. The van der Waals surface area contributed by atoms with E-state index >= 15 is 0 Å². The van der Waals surface area contributed by atoms with Gasteiger partial charge in [0, 0.05) is 6.61 Å². The molecule has 15 heavy (non-hydrogen) atoms. The largest absolute Gasteiger partial charge is 0.377 e. The van der Waals surface area contributed by atoms with Crippen LogP contribution in [-0.2, 0) is 11.3 Å². The second-order valence-electron chi connectivity index (χ2n) is 3.95. The van der Waals surface area contributed by atoms with Crippen molar-refractivity contribution in [3.63, 3.8) is 0 Å². The van der Waals surface area contributed by atoms with Crippen molar-refractivity contribution in [2.24, 2.45) is 0 Å². The van der Waals surface area contributed by atoms with Gasteiger partial charge in [-0.1, -0.05) is 62.9 Å². The van der Waals surface area contributed by atoms with Crippen molar-refractivity contribution in [2.45, 2.75) is 45.6 Å². The second-order valence-corrected chi connectivity index (χ2v) is 3.95. The highest BCUT2D eigenvalue weighted by atomic mass is 16.5. The summed E-state index contributed by atoms with van der Waals surface area (Å²) in [4.78, 5) is 0. The smallest absolute Gasteiger partial charge is 0.0716 e. The standard InChI is InChI=1S/C14H22O/c1-2-3-4-5-9-12-15-13-14-10-7-6-8-11-14/h6-8,10-11H,2-5,9,12-13H2,1H3. The molecule has 0 unspecified atom stereocenters. The average molecular weight is 206 g/mol. The van der Waals surface area contributed by atoms with Crippen molar-refractivity contribution in [3.8, 4) is 0 Å². The Hall–Kier alpha value is -0.820. The zero-order valence-corrected chi connectivity index (χ0v) is 9.74. The van der Waals surface area contributed by atoms with Crippen LogP contribution in [0.3, 0.4) is 0 Å². The zero-order chi connectivity index (χ0) is 10.8. The maximum atomic E-state index is 5.60. The summed E-state index contributed by atoms with van der Waals surface area (Å²) in [5.41, 5.74) is 1.27. The molecule has 84 valence electrons. The molecule has 0 fully saturated rings. The van der Waals surface area contributed by atoms with Crippen molar-refractivity contribution >= 4 is 0 Å². The fourth-order valence-corrected chi connectivity index (χ4v) is 1.57. The first kappa shape index (κ1) is 12.3. The fraction of sp³-hybridized carbons (Fsp3) is 0.571. The molecule has 0 atom stereocenters. The van der Waals surface area contributed by atoms with Crippen LogP contribution in [-0.4, -0.2) is 6.61 Å². The van der Waals surface area contributed by atoms with Crippen molar-refractivity contribution in [1.29, 1.82) is 0 Å². The van der Waals surface area contributed by atoms with Gasteiger partial charge in [-0.3, -0.25) is 0 Å². The van der Waals surface area contributed by atoms with Crippen LogP contribution in [0.25, 0.3) is 0 Å². The van der Waals surface area contributed by atoms with Crippen LogP contribution < -0.4 is 0 Å². The Kier molecular flexibility index (Phi) is 6.93. The highest BCUT2D eigenvalue weighted by Crippen LogP contribution is 2.04. The molecule has 1 aromatic rings. The Morgan fingerprint density at radius 2 is 1.67 bits per heavy atom. The Morgan fingerprint density at radius 1 is 0.933 bits per heavy atom. The third-order valence-corrected chi connectivity index (χ3v) is 2.50. The Labute approximate surface area is 93.5 Å². The molecule has 1 rings (SSSR count). The van der Waals surface area contributed by atoms with Gasteiger partial charge in [-0.25, -0.2) is 0 Å². The molecular formula is C14H22O. The van der Waals surface area contributed by atoms with Gasteiger partial charge in [0.25, 0.3) is 0 Å². The molecule has 0 aromatic heterocycles. The van der Waals surface area contributed by atoms with E-state index in [4.69, 9.17) is 4.74 Å². The predicted molar refractivity (Wildman–Crippen MR) is 64.9 cm³/mol. The van der Waals surface area contributed by atoms with Gasteiger partial charge in [0.15, 0.2) is 0 Å². The lowest BCUT2D eigenvalue weighted by Gasteiger charge is -2.03. The van der Waals surface area contributed by atoms with E-state index < -0.39 is 0 Å². The summed E-state index contributed by atoms with van der Waals surface area (Å²) in [6.07, 6.45) is 6.53. The van der Waals surface area contributed by atoms with Crippen LogP contribution >= 0.6 is 0 Å². The van der Waals surface area contributed by atoms with E-state index in [0.717, 1.165) is 13.2 Å². The molecule has 1 aromatic carbocycles. The molecule has 0 spiro atoms. The molecule has 0 saturated carbocycles. The second kappa shape index (κ2) is 8.49. The molecule has 1 heteroatoms. The first-order valence-electron chi connectivity index (χ1n) is 6.05. The van der Waals surface area contributed by atoms with E-state index in [2.05, 4.69) is 31.2 Å². The highest BCUT2D eigenvalue weighted by molar-refractivity contribution is 5.13. The maximum absolute atomic E-state index is 5.60. The number of rotatable bonds is 8. The topological polar surface area (TPSA) is 9.23 Å². The quantitative estimate of drug-likeness (QED) is 0.580. The molecular weight excluding hydrogens is 184 g/mol. The highest BCUT2D eigenvalue weighted by Gasteiger charge is 1.92. The molecule has 0 amide bonds. The third kappa shape index (κ3) is 6.29. The summed E-state index contributed by atoms with van der Waals surface area (Å²) in [6.45, 7) is 3.90.